The van der Waals surface area contributed by atoms with Gasteiger partial charge in [-0.3, -0.25) is 9.52 Å². The molecule has 9 nitrogen and oxygen atoms in total. The number of rotatable bonds is 8. The van der Waals surface area contributed by atoms with Crippen LogP contribution >= 0.6 is 11.6 Å². The van der Waals surface area contributed by atoms with Gasteiger partial charge < -0.3 is 10.1 Å². The minimum Gasteiger partial charge on any atom is -0.495 e. The summed E-state index contributed by atoms with van der Waals surface area (Å²) < 4.78 is 61.1. The van der Waals surface area contributed by atoms with Gasteiger partial charge in [0.15, 0.2) is 0 Å². The summed E-state index contributed by atoms with van der Waals surface area (Å²) in [5, 5.41) is 2.73. The summed E-state index contributed by atoms with van der Waals surface area (Å²) in [6, 6.07) is 14.7. The molecule has 1 heterocycles. The van der Waals surface area contributed by atoms with Gasteiger partial charge in [0.05, 0.1) is 33.2 Å². The van der Waals surface area contributed by atoms with E-state index in [-0.39, 0.29) is 37.5 Å². The van der Waals surface area contributed by atoms with Crippen molar-refractivity contribution in [1.82, 2.24) is 4.31 Å². The Morgan fingerprint density at radius 2 is 1.55 bits per heavy atom. The van der Waals surface area contributed by atoms with Gasteiger partial charge in [-0.25, -0.2) is 16.8 Å². The summed E-state index contributed by atoms with van der Waals surface area (Å²) in [5.41, 5.74) is 1.17. The van der Waals surface area contributed by atoms with E-state index in [1.165, 1.54) is 59.9 Å². The van der Waals surface area contributed by atoms with E-state index in [1.807, 2.05) is 6.92 Å². The molecule has 4 rings (SSSR count). The van der Waals surface area contributed by atoms with E-state index in [0.29, 0.717) is 13.1 Å². The number of aryl methyl sites for hydroxylation is 1. The fraction of sp³-hybridized carbons (Fsp3) is 0.269. The van der Waals surface area contributed by atoms with Gasteiger partial charge in [-0.05, 0) is 68.3 Å². The number of carbonyl (C=O) groups is 1. The van der Waals surface area contributed by atoms with Crippen LogP contribution < -0.4 is 14.8 Å². The second kappa shape index (κ2) is 11.3. The Hall–Kier alpha value is -3.12. The summed E-state index contributed by atoms with van der Waals surface area (Å²) in [4.78, 5) is 13.3. The first-order valence-electron chi connectivity index (χ1n) is 11.9. The number of piperidine rings is 1. The van der Waals surface area contributed by atoms with E-state index in [4.69, 9.17) is 16.3 Å². The summed E-state index contributed by atoms with van der Waals surface area (Å²) in [6.07, 6.45) is 2.57. The van der Waals surface area contributed by atoms with Gasteiger partial charge in [-0.15, -0.1) is 0 Å². The molecule has 0 atom stereocenters. The number of hydrogen-bond donors (Lipinski definition) is 2. The van der Waals surface area contributed by atoms with Crippen LogP contribution in [0.5, 0.6) is 5.75 Å². The third-order valence-corrected chi connectivity index (χ3v) is 9.79. The van der Waals surface area contributed by atoms with Gasteiger partial charge in [-0.2, -0.15) is 4.31 Å². The first-order chi connectivity index (χ1) is 18.0. The molecule has 0 saturated carbocycles. The number of methoxy groups -OCH3 is 1. The SMILES string of the molecule is COc1ccc(S(=O)(=O)N2CCCCC2)cc1NC(=O)c1cc(NS(=O)(=O)c2ccc(C)cc2)ccc1Cl. The number of ether oxygens (including phenoxy) is 1. The van der Waals surface area contributed by atoms with Crippen LogP contribution in [0, 0.1) is 6.92 Å². The standard InChI is InChI=1S/C26H28ClN3O6S2/c1-18-6-9-20(10-7-18)37(32,33)29-19-8-12-23(27)22(16-19)26(31)28-24-17-21(11-13-25(24)36-2)38(34,35)30-14-4-3-5-15-30/h6-13,16-17,29H,3-5,14-15H2,1-2H3,(H,28,31). The Balaban J connectivity index is 1.60. The Morgan fingerprint density at radius 1 is 0.895 bits per heavy atom. The highest BCUT2D eigenvalue weighted by atomic mass is 35.5. The quantitative estimate of drug-likeness (QED) is 0.393. The molecule has 0 bridgehead atoms. The van der Waals surface area contributed by atoms with Gasteiger partial charge in [0.25, 0.3) is 15.9 Å². The third-order valence-electron chi connectivity index (χ3n) is 6.17. The molecule has 1 saturated heterocycles. The van der Waals surface area contributed by atoms with Gasteiger partial charge >= 0.3 is 0 Å². The predicted molar refractivity (Wildman–Crippen MR) is 147 cm³/mol. The van der Waals surface area contributed by atoms with E-state index >= 15 is 0 Å². The number of hydrogen-bond acceptors (Lipinski definition) is 6. The number of nitrogens with zero attached hydrogens (tertiary/aromatic N) is 1. The zero-order chi connectivity index (χ0) is 27.5. The minimum atomic E-state index is -3.90. The average Bonchev–Trinajstić information content (AvgIpc) is 2.90. The number of amides is 1. The van der Waals surface area contributed by atoms with Crippen LogP contribution in [-0.2, 0) is 20.0 Å². The molecule has 2 N–H and O–H groups in total. The van der Waals surface area contributed by atoms with Crippen molar-refractivity contribution in [3.8, 4) is 5.75 Å². The van der Waals surface area contributed by atoms with Gasteiger partial charge in [0.2, 0.25) is 10.0 Å². The van der Waals surface area contributed by atoms with Crippen LogP contribution in [0.3, 0.4) is 0 Å². The second-order valence-electron chi connectivity index (χ2n) is 8.89. The second-order valence-corrected chi connectivity index (χ2v) is 12.9. The number of sulfonamides is 2. The van der Waals surface area contributed by atoms with Crippen LogP contribution in [0.15, 0.2) is 70.5 Å². The first kappa shape index (κ1) is 27.9. The Labute approximate surface area is 227 Å². The number of halogens is 1. The number of anilines is 2. The molecule has 0 spiro atoms. The summed E-state index contributed by atoms with van der Waals surface area (Å²) in [6.45, 7) is 2.73. The molecule has 0 aromatic heterocycles. The molecule has 1 aliphatic heterocycles. The fourth-order valence-electron chi connectivity index (χ4n) is 4.08. The smallest absolute Gasteiger partial charge is 0.261 e. The maximum atomic E-state index is 13.2. The highest BCUT2D eigenvalue weighted by Gasteiger charge is 2.27. The van der Waals surface area contributed by atoms with Crippen molar-refractivity contribution in [2.75, 3.05) is 30.2 Å². The molecular formula is C26H28ClN3O6S2. The molecule has 0 radical (unpaired) electrons. The van der Waals surface area contributed by atoms with E-state index in [1.54, 1.807) is 12.1 Å². The normalized spacial score (nSPS) is 14.6. The van der Waals surface area contributed by atoms with Crippen molar-refractivity contribution in [2.45, 2.75) is 36.0 Å². The molecule has 38 heavy (non-hydrogen) atoms. The molecule has 1 aliphatic rings. The molecule has 0 unspecified atom stereocenters. The zero-order valence-electron chi connectivity index (χ0n) is 20.9. The molecule has 202 valence electrons. The number of benzene rings is 3. The highest BCUT2D eigenvalue weighted by Crippen LogP contribution is 2.31. The van der Waals surface area contributed by atoms with Crippen LogP contribution in [0.25, 0.3) is 0 Å². The number of nitrogens with one attached hydrogen (secondary N) is 2. The van der Waals surface area contributed by atoms with Crippen molar-refractivity contribution in [1.29, 1.82) is 0 Å². The lowest BCUT2D eigenvalue weighted by Gasteiger charge is -2.26. The summed E-state index contributed by atoms with van der Waals surface area (Å²) in [7, 11) is -6.25. The molecule has 3 aromatic carbocycles. The van der Waals surface area contributed by atoms with Crippen molar-refractivity contribution in [3.63, 3.8) is 0 Å². The predicted octanol–water partition coefficient (Wildman–Crippen LogP) is 4.88. The van der Waals surface area contributed by atoms with E-state index in [2.05, 4.69) is 10.0 Å². The third kappa shape index (κ3) is 6.12. The topological polar surface area (TPSA) is 122 Å². The Kier molecular flexibility index (Phi) is 8.31. The average molecular weight is 578 g/mol. The van der Waals surface area contributed by atoms with Crippen LogP contribution in [0.2, 0.25) is 5.02 Å². The molecule has 0 aliphatic carbocycles. The van der Waals surface area contributed by atoms with Crippen molar-refractivity contribution in [3.05, 3.63) is 76.8 Å². The Bertz CT molecular complexity index is 1550. The Morgan fingerprint density at radius 3 is 2.21 bits per heavy atom. The van der Waals surface area contributed by atoms with Gasteiger partial charge in [0.1, 0.15) is 5.75 Å². The van der Waals surface area contributed by atoms with E-state index < -0.39 is 26.0 Å². The lowest BCUT2D eigenvalue weighted by atomic mass is 10.2. The monoisotopic (exact) mass is 577 g/mol. The largest absolute Gasteiger partial charge is 0.495 e. The first-order valence-corrected chi connectivity index (χ1v) is 15.2. The van der Waals surface area contributed by atoms with Crippen molar-refractivity contribution in [2.24, 2.45) is 0 Å². The molecule has 12 heteroatoms. The summed E-state index contributed by atoms with van der Waals surface area (Å²) in [5.74, 6) is -0.416. The lowest BCUT2D eigenvalue weighted by Crippen LogP contribution is -2.35. The van der Waals surface area contributed by atoms with E-state index in [9.17, 15) is 21.6 Å². The molecule has 1 amide bonds. The fourth-order valence-corrected chi connectivity index (χ4v) is 6.88. The van der Waals surface area contributed by atoms with Crippen molar-refractivity contribution < 1.29 is 26.4 Å². The summed E-state index contributed by atoms with van der Waals surface area (Å²) >= 11 is 6.27. The maximum absolute atomic E-state index is 13.2. The van der Waals surface area contributed by atoms with Crippen molar-refractivity contribution >= 4 is 48.9 Å². The highest BCUT2D eigenvalue weighted by molar-refractivity contribution is 7.92. The minimum absolute atomic E-state index is 0.0119. The molecule has 3 aromatic rings. The number of carbonyl (C=O) groups excluding carboxylic acids is 1. The zero-order valence-corrected chi connectivity index (χ0v) is 23.3. The van der Waals surface area contributed by atoms with E-state index in [0.717, 1.165) is 24.8 Å². The van der Waals surface area contributed by atoms with Gasteiger partial charge in [-0.1, -0.05) is 35.7 Å². The van der Waals surface area contributed by atoms with Gasteiger partial charge in [0, 0.05) is 18.8 Å². The van der Waals surface area contributed by atoms with Crippen LogP contribution in [0.4, 0.5) is 11.4 Å². The van der Waals surface area contributed by atoms with Crippen LogP contribution in [-0.4, -0.2) is 47.2 Å². The maximum Gasteiger partial charge on any atom is 0.261 e. The molecule has 1 fully saturated rings. The van der Waals surface area contributed by atoms with Crippen LogP contribution in [0.1, 0.15) is 35.2 Å². The lowest BCUT2D eigenvalue weighted by molar-refractivity contribution is 0.102. The molecular weight excluding hydrogens is 550 g/mol.